The van der Waals surface area contributed by atoms with Gasteiger partial charge in [0.25, 0.3) is 5.91 Å². The van der Waals surface area contributed by atoms with E-state index in [9.17, 15) is 9.18 Å². The molecule has 2 aromatic rings. The summed E-state index contributed by atoms with van der Waals surface area (Å²) in [6, 6.07) is 8.25. The summed E-state index contributed by atoms with van der Waals surface area (Å²) in [5, 5.41) is 0. The molecule has 2 aromatic carbocycles. The molecule has 108 valence electrons. The molecule has 0 spiro atoms. The molecule has 1 aliphatic rings. The molecule has 0 aliphatic carbocycles. The van der Waals surface area contributed by atoms with E-state index in [-0.39, 0.29) is 5.91 Å². The number of fused-ring (bicyclic) bond motifs is 1. The Bertz CT molecular complexity index is 745. The number of anilines is 2. The van der Waals surface area contributed by atoms with Crippen LogP contribution < -0.4 is 10.6 Å². The van der Waals surface area contributed by atoms with Crippen molar-refractivity contribution >= 4 is 33.2 Å². The first-order chi connectivity index (χ1) is 9.97. The van der Waals surface area contributed by atoms with Gasteiger partial charge in [-0.1, -0.05) is 6.07 Å². The van der Waals surface area contributed by atoms with E-state index in [4.69, 9.17) is 5.73 Å². The topological polar surface area (TPSA) is 46.3 Å². The Balaban J connectivity index is 1.98. The SMILES string of the molecule is Cc1cc2c(cc1N)N(C(=O)c1ccc(Br)c(F)c1)CC2. The van der Waals surface area contributed by atoms with Crippen LogP contribution in [-0.2, 0) is 6.42 Å². The van der Waals surface area contributed by atoms with E-state index in [0.717, 1.165) is 23.2 Å². The summed E-state index contributed by atoms with van der Waals surface area (Å²) in [5.41, 5.74) is 9.87. The van der Waals surface area contributed by atoms with Crippen molar-refractivity contribution in [2.75, 3.05) is 17.2 Å². The molecule has 1 amide bonds. The summed E-state index contributed by atoms with van der Waals surface area (Å²) in [5.74, 6) is -0.646. The van der Waals surface area contributed by atoms with Gasteiger partial charge in [0.15, 0.2) is 0 Å². The Morgan fingerprint density at radius 1 is 1.33 bits per heavy atom. The van der Waals surface area contributed by atoms with Gasteiger partial charge in [-0.15, -0.1) is 0 Å². The van der Waals surface area contributed by atoms with Gasteiger partial charge in [0.05, 0.1) is 4.47 Å². The number of nitrogen functional groups attached to an aromatic ring is 1. The van der Waals surface area contributed by atoms with E-state index >= 15 is 0 Å². The van der Waals surface area contributed by atoms with Gasteiger partial charge in [-0.25, -0.2) is 4.39 Å². The number of hydrogen-bond donors (Lipinski definition) is 1. The fraction of sp³-hybridized carbons (Fsp3) is 0.188. The molecule has 1 aliphatic heterocycles. The van der Waals surface area contributed by atoms with Gasteiger partial charge in [-0.3, -0.25) is 4.79 Å². The summed E-state index contributed by atoms with van der Waals surface area (Å²) in [7, 11) is 0. The van der Waals surface area contributed by atoms with Crippen LogP contribution in [0.4, 0.5) is 15.8 Å². The number of nitrogens with zero attached hydrogens (tertiary/aromatic N) is 1. The van der Waals surface area contributed by atoms with Gasteiger partial charge >= 0.3 is 0 Å². The molecule has 1 heterocycles. The van der Waals surface area contributed by atoms with Crippen LogP contribution in [-0.4, -0.2) is 12.5 Å². The number of carbonyl (C=O) groups is 1. The maximum absolute atomic E-state index is 13.6. The number of halogens is 2. The zero-order chi connectivity index (χ0) is 15.1. The van der Waals surface area contributed by atoms with Crippen LogP contribution in [0.25, 0.3) is 0 Å². The first kappa shape index (κ1) is 14.1. The van der Waals surface area contributed by atoms with Crippen molar-refractivity contribution in [3.8, 4) is 0 Å². The minimum Gasteiger partial charge on any atom is -0.398 e. The molecule has 2 N–H and O–H groups in total. The summed E-state index contributed by atoms with van der Waals surface area (Å²) >= 11 is 3.09. The lowest BCUT2D eigenvalue weighted by Gasteiger charge is -2.18. The maximum atomic E-state index is 13.6. The number of amides is 1. The Morgan fingerprint density at radius 2 is 2.10 bits per heavy atom. The minimum atomic E-state index is -0.441. The van der Waals surface area contributed by atoms with Crippen molar-refractivity contribution in [1.29, 1.82) is 0 Å². The molecule has 3 rings (SSSR count). The van der Waals surface area contributed by atoms with Gasteiger partial charge in [0.1, 0.15) is 5.82 Å². The van der Waals surface area contributed by atoms with Crippen molar-refractivity contribution in [2.45, 2.75) is 13.3 Å². The molecule has 0 aromatic heterocycles. The summed E-state index contributed by atoms with van der Waals surface area (Å²) in [6.45, 7) is 2.54. The fourth-order valence-electron chi connectivity index (χ4n) is 2.57. The Hall–Kier alpha value is -1.88. The second-order valence-corrected chi connectivity index (χ2v) is 6.03. The van der Waals surface area contributed by atoms with Crippen molar-refractivity contribution in [1.82, 2.24) is 0 Å². The molecule has 0 fully saturated rings. The van der Waals surface area contributed by atoms with E-state index < -0.39 is 5.82 Å². The predicted molar refractivity (Wildman–Crippen MR) is 85.1 cm³/mol. The van der Waals surface area contributed by atoms with Crippen molar-refractivity contribution in [3.63, 3.8) is 0 Å². The summed E-state index contributed by atoms with van der Waals surface area (Å²) in [4.78, 5) is 14.2. The van der Waals surface area contributed by atoms with E-state index in [1.54, 1.807) is 17.0 Å². The monoisotopic (exact) mass is 348 g/mol. The highest BCUT2D eigenvalue weighted by Crippen LogP contribution is 2.33. The van der Waals surface area contributed by atoms with Crippen LogP contribution in [0, 0.1) is 12.7 Å². The lowest BCUT2D eigenvalue weighted by Crippen LogP contribution is -2.29. The Labute approximate surface area is 130 Å². The van der Waals surface area contributed by atoms with Gasteiger partial charge in [0, 0.05) is 23.5 Å². The highest BCUT2D eigenvalue weighted by atomic mass is 79.9. The molecule has 0 saturated carbocycles. The zero-order valence-electron chi connectivity index (χ0n) is 11.5. The third-order valence-electron chi connectivity index (χ3n) is 3.77. The average molecular weight is 349 g/mol. The molecule has 0 saturated heterocycles. The van der Waals surface area contributed by atoms with Gasteiger partial charge in [0.2, 0.25) is 0 Å². The minimum absolute atomic E-state index is 0.205. The second kappa shape index (κ2) is 5.15. The Kier molecular flexibility index (Phi) is 3.45. The third-order valence-corrected chi connectivity index (χ3v) is 4.42. The molecular formula is C16H14BrFN2O. The van der Waals surface area contributed by atoms with Crippen molar-refractivity contribution in [3.05, 3.63) is 57.3 Å². The maximum Gasteiger partial charge on any atom is 0.258 e. The van der Waals surface area contributed by atoms with E-state index in [1.807, 2.05) is 19.1 Å². The molecule has 3 nitrogen and oxygen atoms in total. The number of carbonyl (C=O) groups excluding carboxylic acids is 1. The van der Waals surface area contributed by atoms with Crippen LogP contribution in [0.3, 0.4) is 0 Å². The zero-order valence-corrected chi connectivity index (χ0v) is 13.1. The first-order valence-electron chi connectivity index (χ1n) is 6.63. The van der Waals surface area contributed by atoms with Crippen LogP contribution in [0.2, 0.25) is 0 Å². The highest BCUT2D eigenvalue weighted by Gasteiger charge is 2.26. The van der Waals surface area contributed by atoms with Crippen LogP contribution in [0.5, 0.6) is 0 Å². The van der Waals surface area contributed by atoms with E-state index in [0.29, 0.717) is 22.3 Å². The van der Waals surface area contributed by atoms with Gasteiger partial charge in [-0.2, -0.15) is 0 Å². The molecule has 5 heteroatoms. The average Bonchev–Trinajstić information content (AvgIpc) is 2.84. The smallest absolute Gasteiger partial charge is 0.258 e. The van der Waals surface area contributed by atoms with Gasteiger partial charge < -0.3 is 10.6 Å². The number of nitrogens with two attached hydrogens (primary N) is 1. The quantitative estimate of drug-likeness (QED) is 0.799. The lowest BCUT2D eigenvalue weighted by atomic mass is 10.1. The molecule has 0 unspecified atom stereocenters. The van der Waals surface area contributed by atoms with Gasteiger partial charge in [-0.05, 0) is 64.7 Å². The van der Waals surface area contributed by atoms with Crippen LogP contribution in [0.1, 0.15) is 21.5 Å². The normalized spacial score (nSPS) is 13.4. The summed E-state index contributed by atoms with van der Waals surface area (Å²) in [6.07, 6.45) is 0.793. The number of hydrogen-bond acceptors (Lipinski definition) is 2. The largest absolute Gasteiger partial charge is 0.398 e. The van der Waals surface area contributed by atoms with E-state index in [2.05, 4.69) is 15.9 Å². The number of rotatable bonds is 1. The number of aryl methyl sites for hydroxylation is 1. The molecule has 21 heavy (non-hydrogen) atoms. The predicted octanol–water partition coefficient (Wildman–Crippen LogP) is 3.68. The molecular weight excluding hydrogens is 335 g/mol. The Morgan fingerprint density at radius 3 is 2.81 bits per heavy atom. The summed E-state index contributed by atoms with van der Waals surface area (Å²) < 4.78 is 13.9. The number of benzene rings is 2. The molecule has 0 bridgehead atoms. The standard InChI is InChI=1S/C16H14BrFN2O/c1-9-6-10-4-5-20(15(10)8-14(9)19)16(21)11-2-3-12(17)13(18)7-11/h2-3,6-8H,4-5,19H2,1H3. The highest BCUT2D eigenvalue weighted by molar-refractivity contribution is 9.10. The molecule has 0 radical (unpaired) electrons. The van der Waals surface area contributed by atoms with Crippen molar-refractivity contribution < 1.29 is 9.18 Å². The van der Waals surface area contributed by atoms with Crippen LogP contribution >= 0.6 is 15.9 Å². The lowest BCUT2D eigenvalue weighted by molar-refractivity contribution is 0.0989. The van der Waals surface area contributed by atoms with Crippen molar-refractivity contribution in [2.24, 2.45) is 0 Å². The molecule has 0 atom stereocenters. The second-order valence-electron chi connectivity index (χ2n) is 5.17. The first-order valence-corrected chi connectivity index (χ1v) is 7.42. The van der Waals surface area contributed by atoms with E-state index in [1.165, 1.54) is 6.07 Å². The third kappa shape index (κ3) is 2.42. The fourth-order valence-corrected chi connectivity index (χ4v) is 2.82. The van der Waals surface area contributed by atoms with Crippen LogP contribution in [0.15, 0.2) is 34.8 Å².